The van der Waals surface area contributed by atoms with E-state index < -0.39 is 10.0 Å². The molecule has 1 N–H and O–H groups in total. The van der Waals surface area contributed by atoms with Crippen molar-refractivity contribution in [2.24, 2.45) is 13.0 Å². The second kappa shape index (κ2) is 6.06. The number of hydrogen-bond donors (Lipinski definition) is 1. The van der Waals surface area contributed by atoms with Crippen molar-refractivity contribution in [3.8, 4) is 0 Å². The highest BCUT2D eigenvalue weighted by atomic mass is 32.2. The molecule has 0 amide bonds. The zero-order valence-corrected chi connectivity index (χ0v) is 14.2. The average Bonchev–Trinajstić information content (AvgIpc) is 2.83. The first kappa shape index (κ1) is 16.5. The highest BCUT2D eigenvalue weighted by Gasteiger charge is 2.31. The van der Waals surface area contributed by atoms with Gasteiger partial charge in [0.05, 0.1) is 6.33 Å². The molecule has 6 nitrogen and oxygen atoms in total. The summed E-state index contributed by atoms with van der Waals surface area (Å²) in [5, 5.41) is 3.65. The van der Waals surface area contributed by atoms with E-state index in [4.69, 9.17) is 0 Å². The second-order valence-corrected chi connectivity index (χ2v) is 8.74. The number of nitrogens with zero attached hydrogens (tertiary/aromatic N) is 3. The molecule has 1 fully saturated rings. The predicted octanol–water partition coefficient (Wildman–Crippen LogP) is 1.21. The Hall–Kier alpha value is -0.920. The van der Waals surface area contributed by atoms with Crippen molar-refractivity contribution >= 4 is 10.0 Å². The van der Waals surface area contributed by atoms with Crippen LogP contribution in [0.25, 0.3) is 0 Å². The molecule has 120 valence electrons. The third-order valence-electron chi connectivity index (χ3n) is 3.78. The molecule has 1 saturated heterocycles. The van der Waals surface area contributed by atoms with E-state index in [1.165, 1.54) is 6.33 Å². The maximum atomic E-state index is 12.5. The maximum absolute atomic E-state index is 12.5. The first-order valence-corrected chi connectivity index (χ1v) is 8.85. The second-order valence-electron chi connectivity index (χ2n) is 6.86. The van der Waals surface area contributed by atoms with Crippen LogP contribution in [-0.4, -0.2) is 47.4 Å². The minimum absolute atomic E-state index is 0.108. The Kier molecular flexibility index (Phi) is 4.75. The Bertz CT molecular complexity index is 566. The molecule has 0 bridgehead atoms. The summed E-state index contributed by atoms with van der Waals surface area (Å²) in [4.78, 5) is 3.97. The van der Waals surface area contributed by atoms with Crippen molar-refractivity contribution in [1.82, 2.24) is 19.2 Å². The van der Waals surface area contributed by atoms with Gasteiger partial charge in [0, 0.05) is 31.9 Å². The molecule has 1 aliphatic heterocycles. The van der Waals surface area contributed by atoms with Crippen LogP contribution in [0.2, 0.25) is 0 Å². The summed E-state index contributed by atoms with van der Waals surface area (Å²) in [6, 6.07) is 0. The zero-order valence-electron chi connectivity index (χ0n) is 13.3. The summed E-state index contributed by atoms with van der Waals surface area (Å²) < 4.78 is 28.1. The number of aromatic nitrogens is 2. The number of aryl methyl sites for hydroxylation is 1. The van der Waals surface area contributed by atoms with Gasteiger partial charge in [0.15, 0.2) is 5.03 Å². The summed E-state index contributed by atoms with van der Waals surface area (Å²) in [6.45, 7) is 8.54. The minimum Gasteiger partial charge on any atom is -0.339 e. The molecule has 0 radical (unpaired) electrons. The van der Waals surface area contributed by atoms with Crippen molar-refractivity contribution in [3.63, 3.8) is 0 Å². The van der Waals surface area contributed by atoms with Gasteiger partial charge in [-0.2, -0.15) is 4.31 Å². The average molecular weight is 314 g/mol. The lowest BCUT2D eigenvalue weighted by Gasteiger charge is -2.32. The van der Waals surface area contributed by atoms with E-state index in [2.05, 4.69) is 31.1 Å². The highest BCUT2D eigenvalue weighted by molar-refractivity contribution is 7.89. The predicted molar refractivity (Wildman–Crippen MR) is 82.4 cm³/mol. The largest absolute Gasteiger partial charge is 0.339 e. The first-order chi connectivity index (χ1) is 9.68. The molecule has 21 heavy (non-hydrogen) atoms. The van der Waals surface area contributed by atoms with Crippen molar-refractivity contribution in [1.29, 1.82) is 0 Å². The Morgan fingerprint density at radius 1 is 1.33 bits per heavy atom. The fraction of sp³-hybridized carbons (Fsp3) is 0.786. The molecule has 1 aliphatic rings. The molecule has 0 spiro atoms. The van der Waals surface area contributed by atoms with Gasteiger partial charge in [0.2, 0.25) is 0 Å². The van der Waals surface area contributed by atoms with Crippen LogP contribution in [0.4, 0.5) is 0 Å². The molecule has 0 unspecified atom stereocenters. The molecule has 7 heteroatoms. The van der Waals surface area contributed by atoms with Crippen LogP contribution in [0, 0.1) is 5.92 Å². The van der Waals surface area contributed by atoms with E-state index in [0.717, 1.165) is 19.4 Å². The summed E-state index contributed by atoms with van der Waals surface area (Å²) >= 11 is 0. The van der Waals surface area contributed by atoms with Gasteiger partial charge in [0.1, 0.15) is 0 Å². The summed E-state index contributed by atoms with van der Waals surface area (Å²) in [5.41, 5.74) is 0.108. The lowest BCUT2D eigenvalue weighted by atomic mass is 9.97. The number of rotatable bonds is 4. The Morgan fingerprint density at radius 3 is 2.43 bits per heavy atom. The van der Waals surface area contributed by atoms with E-state index in [1.54, 1.807) is 22.1 Å². The third kappa shape index (κ3) is 4.28. The van der Waals surface area contributed by atoms with E-state index in [0.29, 0.717) is 19.0 Å². The van der Waals surface area contributed by atoms with Gasteiger partial charge in [-0.15, -0.1) is 0 Å². The number of sulfonamides is 1. The standard InChI is InChI=1S/C14H26N4O2S/c1-14(2,3)16-9-12-5-7-18(8-6-12)21(19,20)13-10-17(4)11-15-13/h10-12,16H,5-9H2,1-4H3. The number of imidazole rings is 1. The SMILES string of the molecule is Cn1cnc(S(=O)(=O)N2CCC(CNC(C)(C)C)CC2)c1. The van der Waals surface area contributed by atoms with Crippen molar-refractivity contribution < 1.29 is 8.42 Å². The van der Waals surface area contributed by atoms with Crippen LogP contribution in [0.15, 0.2) is 17.6 Å². The van der Waals surface area contributed by atoms with Gasteiger partial charge in [-0.3, -0.25) is 0 Å². The van der Waals surface area contributed by atoms with Crippen LogP contribution < -0.4 is 5.32 Å². The van der Waals surface area contributed by atoms with Crippen molar-refractivity contribution in [3.05, 3.63) is 12.5 Å². The normalized spacial score (nSPS) is 19.0. The van der Waals surface area contributed by atoms with E-state index in [1.807, 2.05) is 0 Å². The van der Waals surface area contributed by atoms with Gasteiger partial charge >= 0.3 is 0 Å². The van der Waals surface area contributed by atoms with Gasteiger partial charge in [-0.05, 0) is 46.1 Å². The number of piperidine rings is 1. The van der Waals surface area contributed by atoms with Crippen LogP contribution >= 0.6 is 0 Å². The number of nitrogens with one attached hydrogen (secondary N) is 1. The van der Waals surface area contributed by atoms with Gasteiger partial charge in [-0.1, -0.05) is 0 Å². The highest BCUT2D eigenvalue weighted by Crippen LogP contribution is 2.22. The van der Waals surface area contributed by atoms with E-state index in [9.17, 15) is 8.42 Å². The molecule has 2 heterocycles. The quantitative estimate of drug-likeness (QED) is 0.907. The van der Waals surface area contributed by atoms with Gasteiger partial charge in [-0.25, -0.2) is 13.4 Å². The van der Waals surface area contributed by atoms with Crippen LogP contribution in [-0.2, 0) is 17.1 Å². The topological polar surface area (TPSA) is 67.2 Å². The monoisotopic (exact) mass is 314 g/mol. The van der Waals surface area contributed by atoms with Crippen LogP contribution in [0.5, 0.6) is 0 Å². The molecule has 1 aromatic heterocycles. The van der Waals surface area contributed by atoms with Gasteiger partial charge in [0.25, 0.3) is 10.0 Å². The molecule has 0 saturated carbocycles. The van der Waals surface area contributed by atoms with E-state index >= 15 is 0 Å². The Labute approximate surface area is 127 Å². The molecule has 0 aliphatic carbocycles. The van der Waals surface area contributed by atoms with Crippen LogP contribution in [0.3, 0.4) is 0 Å². The smallest absolute Gasteiger partial charge is 0.262 e. The Morgan fingerprint density at radius 2 is 1.95 bits per heavy atom. The molecule has 0 aromatic carbocycles. The lowest BCUT2D eigenvalue weighted by Crippen LogP contribution is -2.44. The Balaban J connectivity index is 1.92. The molecule has 1 aromatic rings. The fourth-order valence-electron chi connectivity index (χ4n) is 2.46. The van der Waals surface area contributed by atoms with Crippen LogP contribution in [0.1, 0.15) is 33.6 Å². The first-order valence-electron chi connectivity index (χ1n) is 7.41. The van der Waals surface area contributed by atoms with Gasteiger partial charge < -0.3 is 9.88 Å². The zero-order chi connectivity index (χ0) is 15.7. The molecular formula is C14H26N4O2S. The summed E-state index contributed by atoms with van der Waals surface area (Å²) in [6.07, 6.45) is 4.87. The van der Waals surface area contributed by atoms with Crippen molar-refractivity contribution in [2.45, 2.75) is 44.2 Å². The number of hydrogen-bond acceptors (Lipinski definition) is 4. The maximum Gasteiger partial charge on any atom is 0.262 e. The lowest BCUT2D eigenvalue weighted by molar-refractivity contribution is 0.251. The third-order valence-corrected chi connectivity index (χ3v) is 5.56. The summed E-state index contributed by atoms with van der Waals surface area (Å²) in [5.74, 6) is 0.541. The molecule has 2 rings (SSSR count). The fourth-order valence-corrected chi connectivity index (χ4v) is 3.89. The minimum atomic E-state index is -3.43. The van der Waals surface area contributed by atoms with Crippen molar-refractivity contribution in [2.75, 3.05) is 19.6 Å². The summed E-state index contributed by atoms with van der Waals surface area (Å²) in [7, 11) is -1.65. The molecular weight excluding hydrogens is 288 g/mol. The van der Waals surface area contributed by atoms with E-state index in [-0.39, 0.29) is 10.6 Å². The molecule has 0 atom stereocenters.